The number of aromatic nitrogens is 2. The second-order valence-corrected chi connectivity index (χ2v) is 11.5. The van der Waals surface area contributed by atoms with E-state index in [4.69, 9.17) is 14.2 Å². The highest BCUT2D eigenvalue weighted by Gasteiger charge is 2.27. The Kier molecular flexibility index (Phi) is 8.53. The third-order valence-corrected chi connectivity index (χ3v) is 8.85. The predicted molar refractivity (Wildman–Crippen MR) is 174 cm³/mol. The van der Waals surface area contributed by atoms with Gasteiger partial charge in [-0.15, -0.1) is 0 Å². The van der Waals surface area contributed by atoms with Crippen molar-refractivity contribution < 1.29 is 23.8 Å². The maximum absolute atomic E-state index is 13.5. The maximum Gasteiger partial charge on any atom is 0.246 e. The predicted octanol–water partition coefficient (Wildman–Crippen LogP) is 3.59. The Bertz CT molecular complexity index is 1840. The average molecular weight is 614 g/mol. The van der Waals surface area contributed by atoms with Crippen molar-refractivity contribution in [3.63, 3.8) is 0 Å². The second-order valence-electron chi connectivity index (χ2n) is 11.5. The van der Waals surface area contributed by atoms with E-state index in [2.05, 4.69) is 9.88 Å². The summed E-state index contributed by atoms with van der Waals surface area (Å²) in [6, 6.07) is 8.79. The summed E-state index contributed by atoms with van der Waals surface area (Å²) in [7, 11) is 4.65. The number of methoxy groups -OCH3 is 3. The molecule has 11 nitrogen and oxygen atoms in total. The van der Waals surface area contributed by atoms with Crippen LogP contribution >= 0.6 is 0 Å². The minimum atomic E-state index is -0.131. The standard InChI is InChI=1S/C34H39N5O6/c1-22-31-26(11-12-35-22)25-9-8-24(40)20-27(25)39(31)32-23(19-28(43-2)33(44-3)34(32)45-4)7-10-29(41)38-17-15-36(16-18-38)21-30(42)37-13-5-6-14-37/h7-12,19-20,35H,5-6,13-18,21H2,1-4H3/b10-7+. The van der Waals surface area contributed by atoms with Gasteiger partial charge < -0.3 is 33.6 Å². The van der Waals surface area contributed by atoms with Crippen LogP contribution in [0, 0.1) is 6.92 Å². The van der Waals surface area contributed by atoms with Crippen molar-refractivity contribution in [2.24, 2.45) is 0 Å². The molecule has 2 saturated heterocycles. The summed E-state index contributed by atoms with van der Waals surface area (Å²) < 4.78 is 19.4. The number of carbonyl (C=O) groups excluding carboxylic acids is 2. The van der Waals surface area contributed by atoms with Gasteiger partial charge in [0.05, 0.1) is 38.9 Å². The molecule has 0 aliphatic carbocycles. The second kappa shape index (κ2) is 12.7. The average Bonchev–Trinajstić information content (AvgIpc) is 3.70. The van der Waals surface area contributed by atoms with E-state index < -0.39 is 0 Å². The van der Waals surface area contributed by atoms with Crippen molar-refractivity contribution in [3.8, 4) is 22.9 Å². The summed E-state index contributed by atoms with van der Waals surface area (Å²) >= 11 is 0. The quantitative estimate of drug-likeness (QED) is 0.303. The van der Waals surface area contributed by atoms with Gasteiger partial charge in [-0.2, -0.15) is 0 Å². The van der Waals surface area contributed by atoms with Crippen LogP contribution in [-0.2, 0) is 9.59 Å². The lowest BCUT2D eigenvalue weighted by Gasteiger charge is -2.34. The minimum absolute atomic E-state index is 0.124. The number of benzene rings is 2. The van der Waals surface area contributed by atoms with E-state index in [0.29, 0.717) is 66.7 Å². The van der Waals surface area contributed by atoms with Crippen LogP contribution in [0.2, 0.25) is 0 Å². The molecule has 2 aliphatic rings. The number of likely N-dealkylation sites (tertiary alicyclic amines) is 1. The maximum atomic E-state index is 13.5. The van der Waals surface area contributed by atoms with Gasteiger partial charge in [-0.05, 0) is 50.1 Å². The molecule has 2 fully saturated rings. The third kappa shape index (κ3) is 5.64. The first-order chi connectivity index (χ1) is 21.8. The molecule has 11 heteroatoms. The van der Waals surface area contributed by atoms with Crippen LogP contribution in [0.5, 0.6) is 17.2 Å². The van der Waals surface area contributed by atoms with E-state index in [-0.39, 0.29) is 17.2 Å². The molecule has 0 bridgehead atoms. The minimum Gasteiger partial charge on any atom is -0.493 e. The van der Waals surface area contributed by atoms with Crippen molar-refractivity contribution >= 4 is 39.7 Å². The van der Waals surface area contributed by atoms with Crippen molar-refractivity contribution in [2.75, 3.05) is 67.1 Å². The Balaban J connectivity index is 1.37. The van der Waals surface area contributed by atoms with Gasteiger partial charge in [-0.25, -0.2) is 0 Å². The van der Waals surface area contributed by atoms with Gasteiger partial charge in [0, 0.05) is 79.6 Å². The van der Waals surface area contributed by atoms with Gasteiger partial charge >= 0.3 is 0 Å². The Morgan fingerprint density at radius 2 is 1.60 bits per heavy atom. The summed E-state index contributed by atoms with van der Waals surface area (Å²) in [6.07, 6.45) is 7.33. The molecule has 236 valence electrons. The van der Waals surface area contributed by atoms with E-state index in [1.165, 1.54) is 0 Å². The number of aryl methyl sites for hydroxylation is 1. The molecule has 2 aliphatic heterocycles. The van der Waals surface area contributed by atoms with Gasteiger partial charge in [0.25, 0.3) is 0 Å². The number of pyridine rings is 1. The molecule has 2 amide bonds. The van der Waals surface area contributed by atoms with Crippen molar-refractivity contribution in [2.45, 2.75) is 19.8 Å². The Labute approximate surface area is 261 Å². The Morgan fingerprint density at radius 3 is 2.29 bits per heavy atom. The Morgan fingerprint density at radius 1 is 0.867 bits per heavy atom. The molecule has 0 radical (unpaired) electrons. The summed E-state index contributed by atoms with van der Waals surface area (Å²) in [5, 5.41) is 1.87. The SMILES string of the molecule is COc1cc(/C=C/C(=O)N2CCN(CC(=O)N3CCCC3)CC2)c(-n2c3cc(=O)ccc3c3cc[nH]c(C)c32)c(OC)c1OC. The molecule has 2 aromatic heterocycles. The first-order valence-corrected chi connectivity index (χ1v) is 15.3. The van der Waals surface area contributed by atoms with Crippen molar-refractivity contribution in [1.82, 2.24) is 24.3 Å². The number of rotatable bonds is 8. The van der Waals surface area contributed by atoms with Crippen molar-refractivity contribution in [1.29, 1.82) is 0 Å². The number of fused-ring (bicyclic) bond motifs is 3. The zero-order chi connectivity index (χ0) is 31.7. The molecule has 1 N–H and O–H groups in total. The van der Waals surface area contributed by atoms with E-state index in [9.17, 15) is 14.4 Å². The molecule has 4 aromatic rings. The largest absolute Gasteiger partial charge is 0.493 e. The zero-order valence-corrected chi connectivity index (χ0v) is 26.2. The van der Waals surface area contributed by atoms with Crippen LogP contribution in [0.4, 0.5) is 0 Å². The molecule has 45 heavy (non-hydrogen) atoms. The van der Waals surface area contributed by atoms with Gasteiger partial charge in [0.15, 0.2) is 16.9 Å². The topological polar surface area (TPSA) is 109 Å². The van der Waals surface area contributed by atoms with Crippen LogP contribution in [-0.4, -0.2) is 103 Å². The van der Waals surface area contributed by atoms with Gasteiger partial charge in [-0.3, -0.25) is 19.3 Å². The monoisotopic (exact) mass is 613 g/mol. The molecule has 2 aromatic carbocycles. The number of nitrogens with one attached hydrogen (secondary N) is 1. The number of H-pyrrole nitrogens is 1. The fraction of sp³-hybridized carbons (Fsp3) is 0.382. The first kappa shape index (κ1) is 30.3. The number of nitrogens with zero attached hydrogens (tertiary/aromatic N) is 4. The highest BCUT2D eigenvalue weighted by molar-refractivity contribution is 6.10. The lowest BCUT2D eigenvalue weighted by molar-refractivity contribution is -0.132. The van der Waals surface area contributed by atoms with E-state index in [1.807, 2.05) is 40.8 Å². The fourth-order valence-electron chi connectivity index (χ4n) is 6.55. The zero-order valence-electron chi connectivity index (χ0n) is 26.2. The number of ether oxygens (including phenoxy) is 3. The summed E-state index contributed by atoms with van der Waals surface area (Å²) in [6.45, 7) is 6.41. The van der Waals surface area contributed by atoms with E-state index in [1.54, 1.807) is 50.5 Å². The van der Waals surface area contributed by atoms with Crippen LogP contribution in [0.15, 0.2) is 47.4 Å². The number of piperazine rings is 1. The molecule has 0 unspecified atom stereocenters. The normalized spacial score (nSPS) is 15.8. The molecule has 0 spiro atoms. The molecule has 6 rings (SSSR count). The third-order valence-electron chi connectivity index (χ3n) is 8.85. The van der Waals surface area contributed by atoms with E-state index >= 15 is 0 Å². The number of aromatic amines is 1. The highest BCUT2D eigenvalue weighted by atomic mass is 16.5. The number of hydrogen-bond acceptors (Lipinski definition) is 7. The number of amides is 2. The summed E-state index contributed by atoms with van der Waals surface area (Å²) in [4.78, 5) is 47.9. The first-order valence-electron chi connectivity index (χ1n) is 15.3. The highest BCUT2D eigenvalue weighted by Crippen LogP contribution is 2.47. The number of carbonyl (C=O) groups is 2. The Hall–Kier alpha value is -4.77. The molecule has 0 saturated carbocycles. The van der Waals surface area contributed by atoms with Crippen LogP contribution < -0.4 is 19.6 Å². The van der Waals surface area contributed by atoms with Crippen molar-refractivity contribution in [3.05, 3.63) is 64.1 Å². The summed E-state index contributed by atoms with van der Waals surface area (Å²) in [5.41, 5.74) is 3.58. The molecular formula is C34H39N5O6. The smallest absolute Gasteiger partial charge is 0.246 e. The number of hydrogen-bond donors (Lipinski definition) is 1. The van der Waals surface area contributed by atoms with Gasteiger partial charge in [0.1, 0.15) is 5.69 Å². The van der Waals surface area contributed by atoms with Crippen LogP contribution in [0.25, 0.3) is 33.6 Å². The molecule has 4 heterocycles. The molecular weight excluding hydrogens is 574 g/mol. The lowest BCUT2D eigenvalue weighted by atomic mass is 10.1. The van der Waals surface area contributed by atoms with Gasteiger partial charge in [0.2, 0.25) is 17.6 Å². The summed E-state index contributed by atoms with van der Waals surface area (Å²) in [5.74, 6) is 1.27. The molecule has 0 atom stereocenters. The van der Waals surface area contributed by atoms with Crippen LogP contribution in [0.3, 0.4) is 0 Å². The van der Waals surface area contributed by atoms with E-state index in [0.717, 1.165) is 47.9 Å². The van der Waals surface area contributed by atoms with Crippen LogP contribution in [0.1, 0.15) is 24.1 Å². The lowest BCUT2D eigenvalue weighted by Crippen LogP contribution is -2.51. The fourth-order valence-corrected chi connectivity index (χ4v) is 6.55. The van der Waals surface area contributed by atoms with Gasteiger partial charge in [-0.1, -0.05) is 0 Å².